The smallest absolute Gasteiger partial charge is 0.293 e. The molecule has 0 aliphatic heterocycles. The van der Waals surface area contributed by atoms with Gasteiger partial charge in [0.05, 0.1) is 11.5 Å². The Labute approximate surface area is 134 Å². The Morgan fingerprint density at radius 1 is 1.26 bits per heavy atom. The third kappa shape index (κ3) is 4.29. The first-order valence-electron chi connectivity index (χ1n) is 7.30. The highest BCUT2D eigenvalue weighted by atomic mass is 16.6. The van der Waals surface area contributed by atoms with Crippen molar-refractivity contribution in [2.45, 2.75) is 20.3 Å². The minimum atomic E-state index is -0.511. The van der Waals surface area contributed by atoms with Gasteiger partial charge in [-0.2, -0.15) is 0 Å². The molecule has 0 spiro atoms. The fraction of sp³-hybridized carbons (Fsp3) is 0.235. The Morgan fingerprint density at radius 2 is 2.04 bits per heavy atom. The molecule has 1 amide bonds. The van der Waals surface area contributed by atoms with Gasteiger partial charge in [-0.15, -0.1) is 0 Å². The normalized spacial score (nSPS) is 10.2. The number of carbonyl (C=O) groups is 1. The number of aryl methyl sites for hydroxylation is 1. The van der Waals surface area contributed by atoms with Crippen LogP contribution in [0.5, 0.6) is 5.75 Å². The standard InChI is InChI=1S/C17H18N2O4/c1-3-9-23-14-6-4-5-13(11-14)17(20)18-15-8-7-12(2)10-16(15)19(21)22/h4-8,10-11H,3,9H2,1-2H3,(H,18,20). The molecule has 2 rings (SSSR count). The number of carbonyl (C=O) groups excluding carboxylic acids is 1. The maximum Gasteiger partial charge on any atom is 0.293 e. The molecule has 1 N–H and O–H groups in total. The summed E-state index contributed by atoms with van der Waals surface area (Å²) in [7, 11) is 0. The van der Waals surface area contributed by atoms with Gasteiger partial charge < -0.3 is 10.1 Å². The van der Waals surface area contributed by atoms with Gasteiger partial charge in [0.2, 0.25) is 0 Å². The SMILES string of the molecule is CCCOc1cccc(C(=O)Nc2ccc(C)cc2[N+](=O)[O-])c1. The van der Waals surface area contributed by atoms with Crippen molar-refractivity contribution < 1.29 is 14.5 Å². The molecule has 2 aromatic carbocycles. The number of nitrogens with one attached hydrogen (secondary N) is 1. The van der Waals surface area contributed by atoms with Gasteiger partial charge in [0.25, 0.3) is 11.6 Å². The van der Waals surface area contributed by atoms with Crippen LogP contribution in [0.15, 0.2) is 42.5 Å². The summed E-state index contributed by atoms with van der Waals surface area (Å²) in [5.74, 6) is 0.178. The van der Waals surface area contributed by atoms with Crippen molar-refractivity contribution in [3.63, 3.8) is 0 Å². The van der Waals surface area contributed by atoms with Crippen LogP contribution < -0.4 is 10.1 Å². The van der Waals surface area contributed by atoms with Crippen molar-refractivity contribution in [1.82, 2.24) is 0 Å². The number of hydrogen-bond donors (Lipinski definition) is 1. The van der Waals surface area contributed by atoms with Crippen LogP contribution in [-0.2, 0) is 0 Å². The zero-order valence-corrected chi connectivity index (χ0v) is 13.0. The molecular formula is C17H18N2O4. The minimum absolute atomic E-state index is 0.128. The van der Waals surface area contributed by atoms with E-state index in [1.807, 2.05) is 6.92 Å². The summed E-state index contributed by atoms with van der Waals surface area (Å²) in [6.45, 7) is 4.31. The number of nitrogens with zero attached hydrogens (tertiary/aromatic N) is 1. The number of benzene rings is 2. The molecule has 0 atom stereocenters. The maximum atomic E-state index is 12.3. The Hall–Kier alpha value is -2.89. The van der Waals surface area contributed by atoms with Crippen LogP contribution in [0.3, 0.4) is 0 Å². The lowest BCUT2D eigenvalue weighted by Crippen LogP contribution is -2.13. The third-order valence-corrected chi connectivity index (χ3v) is 3.17. The molecule has 0 saturated carbocycles. The molecule has 0 saturated heterocycles. The first-order valence-corrected chi connectivity index (χ1v) is 7.30. The predicted octanol–water partition coefficient (Wildman–Crippen LogP) is 3.94. The van der Waals surface area contributed by atoms with Gasteiger partial charge in [-0.25, -0.2) is 0 Å². The number of ether oxygens (including phenoxy) is 1. The Balaban J connectivity index is 2.21. The second-order valence-corrected chi connectivity index (χ2v) is 5.11. The minimum Gasteiger partial charge on any atom is -0.494 e. The van der Waals surface area contributed by atoms with Crippen molar-refractivity contribution in [2.24, 2.45) is 0 Å². The molecule has 0 heterocycles. The maximum absolute atomic E-state index is 12.3. The van der Waals surface area contributed by atoms with Gasteiger partial charge in [-0.05, 0) is 43.2 Å². The molecule has 0 aliphatic carbocycles. The van der Waals surface area contributed by atoms with E-state index in [2.05, 4.69) is 5.32 Å². The average Bonchev–Trinajstić information content (AvgIpc) is 2.54. The van der Waals surface area contributed by atoms with Crippen molar-refractivity contribution in [2.75, 3.05) is 11.9 Å². The van der Waals surface area contributed by atoms with E-state index >= 15 is 0 Å². The van der Waals surface area contributed by atoms with Gasteiger partial charge >= 0.3 is 0 Å². The molecule has 0 aliphatic rings. The fourth-order valence-electron chi connectivity index (χ4n) is 2.04. The predicted molar refractivity (Wildman–Crippen MR) is 88.0 cm³/mol. The average molecular weight is 314 g/mol. The summed E-state index contributed by atoms with van der Waals surface area (Å²) in [4.78, 5) is 22.9. The van der Waals surface area contributed by atoms with Crippen LogP contribution in [0.1, 0.15) is 29.3 Å². The summed E-state index contributed by atoms with van der Waals surface area (Å²) in [5, 5.41) is 13.7. The van der Waals surface area contributed by atoms with Crippen molar-refractivity contribution in [3.8, 4) is 5.75 Å². The topological polar surface area (TPSA) is 81.5 Å². The highest BCUT2D eigenvalue weighted by Gasteiger charge is 2.17. The van der Waals surface area contributed by atoms with E-state index in [0.717, 1.165) is 12.0 Å². The molecule has 0 radical (unpaired) electrons. The molecule has 0 fully saturated rings. The molecule has 6 nitrogen and oxygen atoms in total. The van der Waals surface area contributed by atoms with Crippen molar-refractivity contribution in [3.05, 3.63) is 63.7 Å². The number of amides is 1. The van der Waals surface area contributed by atoms with Gasteiger partial charge in [-0.1, -0.05) is 19.1 Å². The Morgan fingerprint density at radius 3 is 2.74 bits per heavy atom. The van der Waals surface area contributed by atoms with Crippen LogP contribution >= 0.6 is 0 Å². The molecule has 0 bridgehead atoms. The summed E-state index contributed by atoms with van der Waals surface area (Å²) in [5.41, 5.74) is 1.18. The summed E-state index contributed by atoms with van der Waals surface area (Å²) >= 11 is 0. The monoisotopic (exact) mass is 314 g/mol. The molecule has 120 valence electrons. The highest BCUT2D eigenvalue weighted by Crippen LogP contribution is 2.26. The molecule has 23 heavy (non-hydrogen) atoms. The summed E-state index contributed by atoms with van der Waals surface area (Å²) in [6.07, 6.45) is 0.867. The van der Waals surface area contributed by atoms with E-state index in [9.17, 15) is 14.9 Å². The summed E-state index contributed by atoms with van der Waals surface area (Å²) < 4.78 is 5.49. The number of anilines is 1. The zero-order chi connectivity index (χ0) is 16.8. The Bertz CT molecular complexity index is 728. The second-order valence-electron chi connectivity index (χ2n) is 5.11. The number of hydrogen-bond acceptors (Lipinski definition) is 4. The lowest BCUT2D eigenvalue weighted by Gasteiger charge is -2.09. The third-order valence-electron chi connectivity index (χ3n) is 3.17. The first kappa shape index (κ1) is 16.5. The van der Waals surface area contributed by atoms with Crippen LogP contribution in [0.25, 0.3) is 0 Å². The molecule has 0 unspecified atom stereocenters. The first-order chi connectivity index (χ1) is 11.0. The van der Waals surface area contributed by atoms with Crippen LogP contribution in [0.2, 0.25) is 0 Å². The number of nitro groups is 1. The summed E-state index contributed by atoms with van der Waals surface area (Å²) in [6, 6.07) is 11.4. The van der Waals surface area contributed by atoms with E-state index in [-0.39, 0.29) is 11.4 Å². The Kier molecular flexibility index (Phi) is 5.30. The van der Waals surface area contributed by atoms with E-state index in [1.54, 1.807) is 37.3 Å². The van der Waals surface area contributed by atoms with Gasteiger partial charge in [-0.3, -0.25) is 14.9 Å². The number of rotatable bonds is 6. The molecular weight excluding hydrogens is 296 g/mol. The molecule has 6 heteroatoms. The van der Waals surface area contributed by atoms with E-state index in [1.165, 1.54) is 12.1 Å². The largest absolute Gasteiger partial charge is 0.494 e. The van der Waals surface area contributed by atoms with Gasteiger partial charge in [0, 0.05) is 11.6 Å². The van der Waals surface area contributed by atoms with E-state index < -0.39 is 10.8 Å². The van der Waals surface area contributed by atoms with E-state index in [4.69, 9.17) is 4.74 Å². The molecule has 0 aromatic heterocycles. The lowest BCUT2D eigenvalue weighted by molar-refractivity contribution is -0.384. The number of nitro benzene ring substituents is 1. The second kappa shape index (κ2) is 7.40. The van der Waals surface area contributed by atoms with Crippen LogP contribution in [-0.4, -0.2) is 17.4 Å². The van der Waals surface area contributed by atoms with Crippen molar-refractivity contribution in [1.29, 1.82) is 0 Å². The quantitative estimate of drug-likeness (QED) is 0.646. The van der Waals surface area contributed by atoms with Crippen LogP contribution in [0, 0.1) is 17.0 Å². The van der Waals surface area contributed by atoms with Crippen molar-refractivity contribution >= 4 is 17.3 Å². The molecule has 2 aromatic rings. The highest BCUT2D eigenvalue weighted by molar-refractivity contribution is 6.05. The zero-order valence-electron chi connectivity index (χ0n) is 13.0. The van der Waals surface area contributed by atoms with E-state index in [0.29, 0.717) is 17.9 Å². The van der Waals surface area contributed by atoms with Gasteiger partial charge in [0.15, 0.2) is 0 Å². The fourth-order valence-corrected chi connectivity index (χ4v) is 2.04. The van der Waals surface area contributed by atoms with Gasteiger partial charge in [0.1, 0.15) is 11.4 Å². The van der Waals surface area contributed by atoms with Crippen LogP contribution in [0.4, 0.5) is 11.4 Å². The lowest BCUT2D eigenvalue weighted by atomic mass is 10.1.